The van der Waals surface area contributed by atoms with Crippen molar-refractivity contribution in [3.8, 4) is 0 Å². The predicted octanol–water partition coefficient (Wildman–Crippen LogP) is 0.978. The second-order valence-electron chi connectivity index (χ2n) is 6.25. The van der Waals surface area contributed by atoms with Gasteiger partial charge in [-0.25, -0.2) is 0 Å². The number of benzene rings is 1. The van der Waals surface area contributed by atoms with Gasteiger partial charge in [-0.3, -0.25) is 14.4 Å². The third kappa shape index (κ3) is 3.99. The molecule has 2 aromatic rings. The van der Waals surface area contributed by atoms with E-state index < -0.39 is 5.97 Å². The van der Waals surface area contributed by atoms with E-state index in [1.807, 2.05) is 24.3 Å². The number of nitrogens with zero attached hydrogens (tertiary/aromatic N) is 1. The Morgan fingerprint density at radius 3 is 2.64 bits per heavy atom. The Bertz CT molecular complexity index is 790. The molecule has 2 amide bonds. The molecule has 0 atom stereocenters. The van der Waals surface area contributed by atoms with Crippen molar-refractivity contribution in [1.82, 2.24) is 9.88 Å². The molecule has 0 spiro atoms. The van der Waals surface area contributed by atoms with Gasteiger partial charge in [-0.1, -0.05) is 18.2 Å². The highest BCUT2D eigenvalue weighted by Crippen LogP contribution is 2.19. The lowest BCUT2D eigenvalue weighted by Crippen LogP contribution is -2.43. The number of nitrogens with one attached hydrogen (secondary N) is 1. The fraction of sp³-hybridized carbons (Fsp3) is 0.389. The third-order valence-electron chi connectivity index (χ3n) is 4.62. The van der Waals surface area contributed by atoms with Crippen LogP contribution in [0.2, 0.25) is 0 Å². The molecular weight excluding hydrogens is 322 g/mol. The average Bonchev–Trinajstić information content (AvgIpc) is 3.03. The SMILES string of the molecule is NC(=O)C1CCN(C(=O)COC(=O)Cc2c[nH]c3ccccc23)CC1. The van der Waals surface area contributed by atoms with Gasteiger partial charge in [0.25, 0.3) is 5.91 Å². The second-order valence-corrected chi connectivity index (χ2v) is 6.25. The van der Waals surface area contributed by atoms with Crippen molar-refractivity contribution < 1.29 is 19.1 Å². The van der Waals surface area contributed by atoms with E-state index in [2.05, 4.69) is 4.98 Å². The van der Waals surface area contributed by atoms with Gasteiger partial charge < -0.3 is 20.4 Å². The number of aromatic nitrogens is 1. The molecule has 0 radical (unpaired) electrons. The van der Waals surface area contributed by atoms with Gasteiger partial charge in [0.05, 0.1) is 6.42 Å². The first-order valence-corrected chi connectivity index (χ1v) is 8.32. The topological polar surface area (TPSA) is 105 Å². The van der Waals surface area contributed by atoms with Crippen molar-refractivity contribution in [3.05, 3.63) is 36.0 Å². The van der Waals surface area contributed by atoms with Crippen LogP contribution in [0, 0.1) is 5.92 Å². The van der Waals surface area contributed by atoms with Crippen LogP contribution in [0.4, 0.5) is 0 Å². The number of likely N-dealkylation sites (tertiary alicyclic amines) is 1. The molecule has 2 heterocycles. The van der Waals surface area contributed by atoms with Gasteiger partial charge in [0.1, 0.15) is 0 Å². The monoisotopic (exact) mass is 343 g/mol. The van der Waals surface area contributed by atoms with E-state index in [0.29, 0.717) is 25.9 Å². The van der Waals surface area contributed by atoms with Gasteiger partial charge in [-0.15, -0.1) is 0 Å². The van der Waals surface area contributed by atoms with Crippen LogP contribution in [-0.4, -0.2) is 47.4 Å². The number of amides is 2. The van der Waals surface area contributed by atoms with Crippen molar-refractivity contribution in [3.63, 3.8) is 0 Å². The van der Waals surface area contributed by atoms with Crippen molar-refractivity contribution in [2.45, 2.75) is 19.3 Å². The lowest BCUT2D eigenvalue weighted by molar-refractivity contribution is -0.152. The van der Waals surface area contributed by atoms with Crippen molar-refractivity contribution in [2.75, 3.05) is 19.7 Å². The van der Waals surface area contributed by atoms with E-state index in [4.69, 9.17) is 10.5 Å². The van der Waals surface area contributed by atoms with Gasteiger partial charge in [0.15, 0.2) is 6.61 Å². The van der Waals surface area contributed by atoms with Gasteiger partial charge in [-0.05, 0) is 24.5 Å². The van der Waals surface area contributed by atoms with E-state index in [0.717, 1.165) is 16.5 Å². The smallest absolute Gasteiger partial charge is 0.310 e. The van der Waals surface area contributed by atoms with E-state index >= 15 is 0 Å². The fourth-order valence-electron chi connectivity index (χ4n) is 3.13. The molecule has 1 aromatic carbocycles. The van der Waals surface area contributed by atoms with Gasteiger partial charge in [-0.2, -0.15) is 0 Å². The first-order valence-electron chi connectivity index (χ1n) is 8.32. The van der Waals surface area contributed by atoms with Crippen LogP contribution in [0.25, 0.3) is 10.9 Å². The largest absolute Gasteiger partial charge is 0.455 e. The Morgan fingerprint density at radius 2 is 1.92 bits per heavy atom. The highest BCUT2D eigenvalue weighted by Gasteiger charge is 2.26. The molecule has 1 saturated heterocycles. The average molecular weight is 343 g/mol. The predicted molar refractivity (Wildman–Crippen MR) is 91.5 cm³/mol. The van der Waals surface area contributed by atoms with Crippen LogP contribution in [0.15, 0.2) is 30.5 Å². The van der Waals surface area contributed by atoms with E-state index in [-0.39, 0.29) is 30.8 Å². The molecule has 7 heteroatoms. The lowest BCUT2D eigenvalue weighted by Gasteiger charge is -2.30. The van der Waals surface area contributed by atoms with Crippen LogP contribution < -0.4 is 5.73 Å². The number of carbonyl (C=O) groups excluding carboxylic acids is 3. The first kappa shape index (κ1) is 17.0. The molecular formula is C18H21N3O4. The maximum Gasteiger partial charge on any atom is 0.310 e. The first-order chi connectivity index (χ1) is 12.0. The van der Waals surface area contributed by atoms with Crippen LogP contribution >= 0.6 is 0 Å². The number of H-pyrrole nitrogens is 1. The zero-order chi connectivity index (χ0) is 17.8. The Kier molecular flexibility index (Phi) is 5.02. The van der Waals surface area contributed by atoms with E-state index in [1.54, 1.807) is 11.1 Å². The molecule has 132 valence electrons. The molecule has 0 unspecified atom stereocenters. The van der Waals surface area contributed by atoms with Crippen molar-refractivity contribution in [1.29, 1.82) is 0 Å². The number of nitrogens with two attached hydrogens (primary N) is 1. The fourth-order valence-corrected chi connectivity index (χ4v) is 3.13. The highest BCUT2D eigenvalue weighted by molar-refractivity contribution is 5.88. The standard InChI is InChI=1S/C18H21N3O4/c19-18(24)12-5-7-21(8-6-12)16(22)11-25-17(23)9-13-10-20-15-4-2-1-3-14(13)15/h1-4,10,12,20H,5-9,11H2,(H2,19,24). The Balaban J connectivity index is 1.47. The number of rotatable bonds is 5. The number of aromatic amines is 1. The summed E-state index contributed by atoms with van der Waals surface area (Å²) >= 11 is 0. The Morgan fingerprint density at radius 1 is 1.20 bits per heavy atom. The maximum absolute atomic E-state index is 12.1. The summed E-state index contributed by atoms with van der Waals surface area (Å²) in [6.07, 6.45) is 3.01. The zero-order valence-corrected chi connectivity index (χ0v) is 13.9. The molecule has 0 saturated carbocycles. The minimum absolute atomic E-state index is 0.112. The third-order valence-corrected chi connectivity index (χ3v) is 4.62. The number of carbonyl (C=O) groups is 3. The molecule has 25 heavy (non-hydrogen) atoms. The minimum atomic E-state index is -0.440. The summed E-state index contributed by atoms with van der Waals surface area (Å²) in [5.41, 5.74) is 7.08. The molecule has 1 aliphatic rings. The lowest BCUT2D eigenvalue weighted by atomic mass is 9.96. The molecule has 0 aliphatic carbocycles. The minimum Gasteiger partial charge on any atom is -0.455 e. The van der Waals surface area contributed by atoms with Crippen LogP contribution in [0.5, 0.6) is 0 Å². The number of piperidine rings is 1. The van der Waals surface area contributed by atoms with E-state index in [1.165, 1.54) is 0 Å². The van der Waals surface area contributed by atoms with Gasteiger partial charge in [0, 0.05) is 36.1 Å². The number of para-hydroxylation sites is 1. The van der Waals surface area contributed by atoms with Crippen molar-refractivity contribution >= 4 is 28.7 Å². The van der Waals surface area contributed by atoms with Crippen LogP contribution in [-0.2, 0) is 25.5 Å². The molecule has 1 aliphatic heterocycles. The number of fused-ring (bicyclic) bond motifs is 1. The molecule has 3 N–H and O–H groups in total. The molecule has 1 fully saturated rings. The number of hydrogen-bond acceptors (Lipinski definition) is 4. The highest BCUT2D eigenvalue weighted by atomic mass is 16.5. The number of ether oxygens (including phenoxy) is 1. The number of primary amides is 1. The Labute approximate surface area is 145 Å². The normalized spacial score (nSPS) is 15.3. The summed E-state index contributed by atoms with van der Waals surface area (Å²) in [6.45, 7) is 0.654. The molecule has 0 bridgehead atoms. The van der Waals surface area contributed by atoms with Crippen LogP contribution in [0.3, 0.4) is 0 Å². The summed E-state index contributed by atoms with van der Waals surface area (Å²) in [7, 11) is 0. The van der Waals surface area contributed by atoms with Gasteiger partial charge >= 0.3 is 5.97 Å². The quantitative estimate of drug-likeness (QED) is 0.789. The maximum atomic E-state index is 12.1. The Hall–Kier alpha value is -2.83. The van der Waals surface area contributed by atoms with Crippen molar-refractivity contribution in [2.24, 2.45) is 11.7 Å². The summed E-state index contributed by atoms with van der Waals surface area (Å²) in [6, 6.07) is 7.69. The summed E-state index contributed by atoms with van der Waals surface area (Å²) in [4.78, 5) is 40.0. The zero-order valence-electron chi connectivity index (χ0n) is 13.9. The summed E-state index contributed by atoms with van der Waals surface area (Å²) in [5, 5.41) is 0.972. The molecule has 3 rings (SSSR count). The summed E-state index contributed by atoms with van der Waals surface area (Å²) < 4.78 is 5.12. The molecule has 7 nitrogen and oxygen atoms in total. The van der Waals surface area contributed by atoms with Gasteiger partial charge in [0.2, 0.25) is 5.91 Å². The molecule has 1 aromatic heterocycles. The van der Waals surface area contributed by atoms with E-state index in [9.17, 15) is 14.4 Å². The summed E-state index contributed by atoms with van der Waals surface area (Å²) in [5.74, 6) is -1.17. The number of esters is 1. The number of hydrogen-bond donors (Lipinski definition) is 2. The van der Waals surface area contributed by atoms with Crippen LogP contribution in [0.1, 0.15) is 18.4 Å². The second kappa shape index (κ2) is 7.38.